The minimum absolute atomic E-state index is 0.181. The molecule has 0 radical (unpaired) electrons. The molecule has 0 unspecified atom stereocenters. The number of ether oxygens (including phenoxy) is 2. The van der Waals surface area contributed by atoms with Crippen LogP contribution in [0, 0.1) is 52.8 Å². The third kappa shape index (κ3) is 7.82. The molecule has 1 aromatic rings. The van der Waals surface area contributed by atoms with Crippen molar-refractivity contribution < 1.29 is 41.0 Å². The molecule has 0 heterocycles. The minimum Gasteiger partial charge on any atom is -0.450 e. The van der Waals surface area contributed by atoms with E-state index in [4.69, 9.17) is 4.74 Å². The van der Waals surface area contributed by atoms with E-state index in [9.17, 15) is 31.5 Å². The van der Waals surface area contributed by atoms with Crippen LogP contribution in [-0.2, 0) is 14.3 Å². The van der Waals surface area contributed by atoms with Gasteiger partial charge in [-0.3, -0.25) is 0 Å². The fourth-order valence-corrected chi connectivity index (χ4v) is 1.79. The molecule has 0 aliphatic heterocycles. The highest BCUT2D eigenvalue weighted by Crippen LogP contribution is 2.29. The molecule has 1 rings (SSSR count). The van der Waals surface area contributed by atoms with Crippen molar-refractivity contribution in [3.05, 3.63) is 29.1 Å². The Morgan fingerprint density at radius 1 is 0.759 bits per heavy atom. The summed E-state index contributed by atoms with van der Waals surface area (Å²) in [6, 6.07) is 0. The molecule has 0 saturated carbocycles. The quantitative estimate of drug-likeness (QED) is 0.108. The Labute approximate surface area is 164 Å². The second-order valence-electron chi connectivity index (χ2n) is 6.60. The van der Waals surface area contributed by atoms with Gasteiger partial charge in [-0.25, -0.2) is 22.8 Å². The predicted octanol–water partition coefficient (Wildman–Crippen LogP) is 4.20. The molecular formula is C20H17F5O4. The Balaban J connectivity index is 2.48. The van der Waals surface area contributed by atoms with Gasteiger partial charge in [0.15, 0.2) is 0 Å². The van der Waals surface area contributed by atoms with Crippen LogP contribution in [0.5, 0.6) is 5.75 Å². The second kappa shape index (κ2) is 10.5. The number of esters is 2. The number of hydrogen-bond donors (Lipinski definition) is 0. The third-order valence-corrected chi connectivity index (χ3v) is 3.00. The van der Waals surface area contributed by atoms with Crippen molar-refractivity contribution in [2.45, 2.75) is 52.1 Å². The van der Waals surface area contributed by atoms with Crippen LogP contribution in [0.3, 0.4) is 0 Å². The van der Waals surface area contributed by atoms with Gasteiger partial charge in [0.25, 0.3) is 0 Å². The molecule has 0 spiro atoms. The summed E-state index contributed by atoms with van der Waals surface area (Å²) in [6.07, 6.45) is 1.57. The molecule has 0 atom stereocenters. The topological polar surface area (TPSA) is 52.6 Å². The molecule has 0 fully saturated rings. The normalized spacial score (nSPS) is 10.3. The van der Waals surface area contributed by atoms with Crippen molar-refractivity contribution in [1.82, 2.24) is 0 Å². The molecule has 0 saturated heterocycles. The van der Waals surface area contributed by atoms with Crippen molar-refractivity contribution >= 4 is 11.9 Å². The number of benzene rings is 1. The van der Waals surface area contributed by atoms with E-state index in [0.29, 0.717) is 19.3 Å². The van der Waals surface area contributed by atoms with Crippen LogP contribution >= 0.6 is 0 Å². The number of halogens is 5. The lowest BCUT2D eigenvalue weighted by Crippen LogP contribution is -2.22. The standard InChI is InChI=1S/C20H17F5O4/c1-20(2,3)29-13(27)11-9-7-5-4-6-8-10-12(26)28-19-17(24)15(22)14(21)16(23)18(19)25/h4-7H2,1-3H3. The Hall–Kier alpha value is -3.07. The highest BCUT2D eigenvalue weighted by molar-refractivity contribution is 5.90. The summed E-state index contributed by atoms with van der Waals surface area (Å²) >= 11 is 0. The fourth-order valence-electron chi connectivity index (χ4n) is 1.79. The summed E-state index contributed by atoms with van der Waals surface area (Å²) in [5, 5.41) is 0. The van der Waals surface area contributed by atoms with E-state index in [-0.39, 0.29) is 6.42 Å². The van der Waals surface area contributed by atoms with Gasteiger partial charge < -0.3 is 9.47 Å². The van der Waals surface area contributed by atoms with Crippen LogP contribution < -0.4 is 4.74 Å². The third-order valence-electron chi connectivity index (χ3n) is 3.00. The number of unbranched alkanes of at least 4 members (excludes halogenated alkanes) is 3. The zero-order valence-electron chi connectivity index (χ0n) is 15.9. The van der Waals surface area contributed by atoms with Crippen molar-refractivity contribution in [3.8, 4) is 29.4 Å². The first-order valence-corrected chi connectivity index (χ1v) is 8.38. The number of hydrogen-bond acceptors (Lipinski definition) is 4. The molecule has 0 bridgehead atoms. The van der Waals surface area contributed by atoms with Crippen LogP contribution in [0.4, 0.5) is 22.0 Å². The monoisotopic (exact) mass is 416 g/mol. The van der Waals surface area contributed by atoms with Crippen molar-refractivity contribution in [1.29, 1.82) is 0 Å². The molecule has 0 aromatic heterocycles. The number of carbonyl (C=O) groups is 2. The molecule has 156 valence electrons. The smallest absolute Gasteiger partial charge is 0.389 e. The largest absolute Gasteiger partial charge is 0.450 e. The van der Waals surface area contributed by atoms with Gasteiger partial charge in [-0.1, -0.05) is 11.8 Å². The molecule has 29 heavy (non-hydrogen) atoms. The minimum atomic E-state index is -2.36. The van der Waals surface area contributed by atoms with Crippen LogP contribution in [-0.4, -0.2) is 17.5 Å². The van der Waals surface area contributed by atoms with E-state index in [2.05, 4.69) is 22.5 Å². The van der Waals surface area contributed by atoms with Gasteiger partial charge >= 0.3 is 11.9 Å². The Morgan fingerprint density at radius 2 is 1.17 bits per heavy atom. The van der Waals surface area contributed by atoms with Crippen molar-refractivity contribution in [2.75, 3.05) is 0 Å². The van der Waals surface area contributed by atoms with Crippen molar-refractivity contribution in [2.24, 2.45) is 0 Å². The first kappa shape index (κ1) is 24.0. The van der Waals surface area contributed by atoms with Crippen LogP contribution in [0.25, 0.3) is 0 Å². The molecule has 4 nitrogen and oxygen atoms in total. The fraction of sp³-hybridized carbons (Fsp3) is 0.400. The van der Waals surface area contributed by atoms with E-state index in [0.717, 1.165) is 0 Å². The average molecular weight is 416 g/mol. The average Bonchev–Trinajstić information content (AvgIpc) is 2.62. The molecule has 0 amide bonds. The van der Waals surface area contributed by atoms with E-state index in [1.54, 1.807) is 20.8 Å². The summed E-state index contributed by atoms with van der Waals surface area (Å²) in [5.41, 5.74) is -0.632. The van der Waals surface area contributed by atoms with Crippen LogP contribution in [0.1, 0.15) is 46.5 Å². The van der Waals surface area contributed by atoms with Gasteiger partial charge in [0, 0.05) is 24.7 Å². The summed E-state index contributed by atoms with van der Waals surface area (Å²) < 4.78 is 74.8. The van der Waals surface area contributed by atoms with Gasteiger partial charge in [-0.2, -0.15) is 8.78 Å². The van der Waals surface area contributed by atoms with Gasteiger partial charge in [0.2, 0.25) is 34.8 Å². The molecule has 0 aliphatic carbocycles. The summed E-state index contributed by atoms with van der Waals surface area (Å²) in [4.78, 5) is 22.7. The second-order valence-corrected chi connectivity index (χ2v) is 6.60. The van der Waals surface area contributed by atoms with E-state index < -0.39 is 52.4 Å². The number of rotatable bonds is 4. The Kier molecular flexibility index (Phi) is 8.65. The SMILES string of the molecule is CC(C)(C)OC(=O)C#CCCCCC#CC(=O)Oc1c(F)c(F)c(F)c(F)c1F. The van der Waals surface area contributed by atoms with E-state index >= 15 is 0 Å². The lowest BCUT2D eigenvalue weighted by molar-refractivity contribution is -0.147. The zero-order chi connectivity index (χ0) is 22.2. The lowest BCUT2D eigenvalue weighted by atomic mass is 10.2. The van der Waals surface area contributed by atoms with Gasteiger partial charge in [-0.15, -0.1) is 0 Å². The maximum absolute atomic E-state index is 13.4. The zero-order valence-corrected chi connectivity index (χ0v) is 15.9. The first-order chi connectivity index (χ1) is 13.4. The van der Waals surface area contributed by atoms with E-state index in [1.807, 2.05) is 5.92 Å². The Bertz CT molecular complexity index is 882. The number of carbonyl (C=O) groups excluding carboxylic acids is 2. The van der Waals surface area contributed by atoms with Crippen molar-refractivity contribution in [3.63, 3.8) is 0 Å². The van der Waals surface area contributed by atoms with Gasteiger partial charge in [0.05, 0.1) is 0 Å². The lowest BCUT2D eigenvalue weighted by Gasteiger charge is -2.16. The van der Waals surface area contributed by atoms with Gasteiger partial charge in [-0.05, 0) is 33.6 Å². The highest BCUT2D eigenvalue weighted by atomic mass is 19.2. The van der Waals surface area contributed by atoms with E-state index in [1.165, 1.54) is 0 Å². The highest BCUT2D eigenvalue weighted by Gasteiger charge is 2.28. The molecule has 0 aliphatic rings. The van der Waals surface area contributed by atoms with Crippen LogP contribution in [0.2, 0.25) is 0 Å². The Morgan fingerprint density at radius 3 is 1.62 bits per heavy atom. The molecular weight excluding hydrogens is 399 g/mol. The summed E-state index contributed by atoms with van der Waals surface area (Å²) in [5.74, 6) is -6.01. The maximum atomic E-state index is 13.4. The molecule has 1 aromatic carbocycles. The summed E-state index contributed by atoms with van der Waals surface area (Å²) in [7, 11) is 0. The molecule has 9 heteroatoms. The first-order valence-electron chi connectivity index (χ1n) is 8.38. The van der Waals surface area contributed by atoms with Crippen LogP contribution in [0.15, 0.2) is 0 Å². The maximum Gasteiger partial charge on any atom is 0.389 e. The predicted molar refractivity (Wildman–Crippen MR) is 91.7 cm³/mol. The van der Waals surface area contributed by atoms with Gasteiger partial charge in [0.1, 0.15) is 5.60 Å². The molecule has 0 N–H and O–H groups in total. The summed E-state index contributed by atoms with van der Waals surface area (Å²) in [6.45, 7) is 5.13.